The maximum absolute atomic E-state index is 12.0. The molecule has 1 N–H and O–H groups in total. The highest BCUT2D eigenvalue weighted by molar-refractivity contribution is 5.76. The Morgan fingerprint density at radius 1 is 1.28 bits per heavy atom. The molecule has 7 heteroatoms. The highest BCUT2D eigenvalue weighted by atomic mass is 16.5. The van der Waals surface area contributed by atoms with Crippen LogP contribution in [0.3, 0.4) is 0 Å². The topological polar surface area (TPSA) is 76.7 Å². The fourth-order valence-corrected chi connectivity index (χ4v) is 3.12. The second-order valence-corrected chi connectivity index (χ2v) is 6.39. The molecule has 0 spiro atoms. The molecule has 2 aromatic rings. The summed E-state index contributed by atoms with van der Waals surface area (Å²) in [4.78, 5) is 26.2. The first kappa shape index (κ1) is 17.7. The van der Waals surface area contributed by atoms with Gasteiger partial charge in [-0.15, -0.1) is 0 Å². The van der Waals surface area contributed by atoms with Crippen LogP contribution >= 0.6 is 0 Å². The van der Waals surface area contributed by atoms with Crippen LogP contribution < -0.4 is 11.1 Å². The van der Waals surface area contributed by atoms with Crippen LogP contribution in [0.4, 0.5) is 0 Å². The number of ether oxygens (including phenoxy) is 1. The molecule has 7 nitrogen and oxygen atoms in total. The van der Waals surface area contributed by atoms with Gasteiger partial charge in [-0.2, -0.15) is 0 Å². The van der Waals surface area contributed by atoms with Crippen molar-refractivity contribution in [3.05, 3.63) is 34.8 Å². The monoisotopic (exact) mass is 347 g/mol. The molecule has 1 fully saturated rings. The van der Waals surface area contributed by atoms with Gasteiger partial charge < -0.3 is 14.5 Å². The van der Waals surface area contributed by atoms with Crippen LogP contribution in [0.5, 0.6) is 0 Å². The second-order valence-electron chi connectivity index (χ2n) is 6.39. The fourth-order valence-electron chi connectivity index (χ4n) is 3.12. The zero-order valence-electron chi connectivity index (χ0n) is 14.6. The molecule has 1 aliphatic heterocycles. The van der Waals surface area contributed by atoms with Crippen molar-refractivity contribution in [2.24, 2.45) is 0 Å². The third kappa shape index (κ3) is 4.49. The Hall–Kier alpha value is -2.12. The van der Waals surface area contributed by atoms with E-state index in [-0.39, 0.29) is 11.7 Å². The van der Waals surface area contributed by atoms with Gasteiger partial charge in [0.2, 0.25) is 5.91 Å². The van der Waals surface area contributed by atoms with Gasteiger partial charge in [0.05, 0.1) is 18.7 Å². The van der Waals surface area contributed by atoms with Crippen molar-refractivity contribution in [1.82, 2.24) is 14.8 Å². The van der Waals surface area contributed by atoms with E-state index in [0.717, 1.165) is 31.8 Å². The van der Waals surface area contributed by atoms with Crippen molar-refractivity contribution in [2.45, 2.75) is 32.4 Å². The summed E-state index contributed by atoms with van der Waals surface area (Å²) in [6, 6.07) is 7.62. The Bertz CT molecular complexity index is 761. The summed E-state index contributed by atoms with van der Waals surface area (Å²) in [5.74, 6) is -0.358. The minimum Gasteiger partial charge on any atom is -0.408 e. The molecule has 3 rings (SSSR count). The van der Waals surface area contributed by atoms with Crippen molar-refractivity contribution >= 4 is 17.0 Å². The zero-order valence-corrected chi connectivity index (χ0v) is 14.6. The molecule has 0 unspecified atom stereocenters. The van der Waals surface area contributed by atoms with Crippen LogP contribution in [0.2, 0.25) is 0 Å². The molecule has 25 heavy (non-hydrogen) atoms. The molecule has 0 saturated carbocycles. The van der Waals surface area contributed by atoms with Gasteiger partial charge in [0.15, 0.2) is 5.58 Å². The molecule has 1 atom stereocenters. The Morgan fingerprint density at radius 2 is 2.04 bits per heavy atom. The van der Waals surface area contributed by atoms with Gasteiger partial charge in [-0.05, 0) is 25.5 Å². The molecular weight excluding hydrogens is 322 g/mol. The van der Waals surface area contributed by atoms with Gasteiger partial charge in [0, 0.05) is 38.6 Å². The average molecular weight is 347 g/mol. The van der Waals surface area contributed by atoms with Crippen LogP contribution in [0.1, 0.15) is 19.8 Å². The highest BCUT2D eigenvalue weighted by Gasteiger charge is 2.17. The Labute approximate surface area is 146 Å². The maximum Gasteiger partial charge on any atom is 0.419 e. The number of para-hydroxylation sites is 2. The van der Waals surface area contributed by atoms with E-state index >= 15 is 0 Å². The standard InChI is InChI=1S/C18H25N3O4/c1-14(20-9-11-24-12-10-20)13-19-17(22)7-4-8-21-15-5-2-3-6-16(15)25-18(21)23/h2-3,5-6,14H,4,7-13H2,1H3,(H,19,22)/t14-/m0/s1. The summed E-state index contributed by atoms with van der Waals surface area (Å²) in [6.07, 6.45) is 0.989. The number of morpholine rings is 1. The molecular formula is C18H25N3O4. The van der Waals surface area contributed by atoms with Crippen molar-refractivity contribution in [3.8, 4) is 0 Å². The predicted octanol–water partition coefficient (Wildman–Crippen LogP) is 1.21. The summed E-state index contributed by atoms with van der Waals surface area (Å²) in [6.45, 7) is 6.55. The number of carbonyl (C=O) groups is 1. The molecule has 0 radical (unpaired) electrons. The summed E-state index contributed by atoms with van der Waals surface area (Å²) >= 11 is 0. The summed E-state index contributed by atoms with van der Waals surface area (Å²) in [5.41, 5.74) is 1.35. The lowest BCUT2D eigenvalue weighted by Gasteiger charge is -2.32. The number of nitrogens with zero attached hydrogens (tertiary/aromatic N) is 2. The number of oxazole rings is 1. The molecule has 0 aliphatic carbocycles. The van der Waals surface area contributed by atoms with Crippen molar-refractivity contribution in [3.63, 3.8) is 0 Å². The number of carbonyl (C=O) groups excluding carboxylic acids is 1. The number of fused-ring (bicyclic) bond motifs is 1. The van der Waals surface area contributed by atoms with Crippen molar-refractivity contribution < 1.29 is 13.9 Å². The van der Waals surface area contributed by atoms with Gasteiger partial charge in [0.25, 0.3) is 0 Å². The normalized spacial score (nSPS) is 16.8. The molecule has 0 bridgehead atoms. The van der Waals surface area contributed by atoms with E-state index in [1.54, 1.807) is 10.6 Å². The Balaban J connectivity index is 1.43. The van der Waals surface area contributed by atoms with Crippen LogP contribution in [-0.4, -0.2) is 54.3 Å². The number of hydrogen-bond donors (Lipinski definition) is 1. The van der Waals surface area contributed by atoms with E-state index in [0.29, 0.717) is 37.6 Å². The number of aryl methyl sites for hydroxylation is 1. The Morgan fingerprint density at radius 3 is 2.84 bits per heavy atom. The van der Waals surface area contributed by atoms with Gasteiger partial charge in [0.1, 0.15) is 0 Å². The van der Waals surface area contributed by atoms with E-state index in [1.807, 2.05) is 18.2 Å². The first-order valence-corrected chi connectivity index (χ1v) is 8.82. The lowest BCUT2D eigenvalue weighted by atomic mass is 10.2. The molecule has 136 valence electrons. The lowest BCUT2D eigenvalue weighted by molar-refractivity contribution is -0.121. The van der Waals surface area contributed by atoms with Crippen LogP contribution in [0.15, 0.2) is 33.5 Å². The summed E-state index contributed by atoms with van der Waals surface area (Å²) in [7, 11) is 0. The predicted molar refractivity (Wildman–Crippen MR) is 94.6 cm³/mol. The van der Waals surface area contributed by atoms with E-state index in [4.69, 9.17) is 9.15 Å². The van der Waals surface area contributed by atoms with Crippen LogP contribution in [-0.2, 0) is 16.1 Å². The smallest absolute Gasteiger partial charge is 0.408 e. The largest absolute Gasteiger partial charge is 0.419 e. The lowest BCUT2D eigenvalue weighted by Crippen LogP contribution is -2.47. The number of nitrogens with one attached hydrogen (secondary N) is 1. The third-order valence-electron chi connectivity index (χ3n) is 4.62. The van der Waals surface area contributed by atoms with Gasteiger partial charge >= 0.3 is 5.76 Å². The van der Waals surface area contributed by atoms with E-state index in [2.05, 4.69) is 17.1 Å². The van der Waals surface area contributed by atoms with E-state index < -0.39 is 0 Å². The van der Waals surface area contributed by atoms with E-state index in [1.165, 1.54) is 0 Å². The number of benzene rings is 1. The van der Waals surface area contributed by atoms with Crippen molar-refractivity contribution in [2.75, 3.05) is 32.8 Å². The molecule has 2 heterocycles. The number of amides is 1. The van der Waals surface area contributed by atoms with Crippen LogP contribution in [0.25, 0.3) is 11.1 Å². The Kier molecular flexibility index (Phi) is 5.88. The minimum absolute atomic E-state index is 0.0148. The maximum atomic E-state index is 12.0. The SMILES string of the molecule is C[C@@H](CNC(=O)CCCn1c(=O)oc2ccccc21)N1CCOCC1. The number of rotatable bonds is 7. The third-order valence-corrected chi connectivity index (χ3v) is 4.62. The second kappa shape index (κ2) is 8.31. The van der Waals surface area contributed by atoms with Crippen molar-refractivity contribution in [1.29, 1.82) is 0 Å². The quantitative estimate of drug-likeness (QED) is 0.815. The van der Waals surface area contributed by atoms with Gasteiger partial charge in [-0.25, -0.2) is 4.79 Å². The number of hydrogen-bond acceptors (Lipinski definition) is 5. The fraction of sp³-hybridized carbons (Fsp3) is 0.556. The molecule has 1 amide bonds. The summed E-state index contributed by atoms with van der Waals surface area (Å²) in [5, 5.41) is 2.98. The first-order chi connectivity index (χ1) is 12.1. The molecule has 1 aliphatic rings. The van der Waals surface area contributed by atoms with Gasteiger partial charge in [-0.1, -0.05) is 12.1 Å². The van der Waals surface area contributed by atoms with Gasteiger partial charge in [-0.3, -0.25) is 14.3 Å². The highest BCUT2D eigenvalue weighted by Crippen LogP contribution is 2.12. The molecule has 1 aromatic heterocycles. The van der Waals surface area contributed by atoms with Crippen LogP contribution in [0, 0.1) is 0 Å². The molecule has 1 saturated heterocycles. The summed E-state index contributed by atoms with van der Waals surface area (Å²) < 4.78 is 12.1. The number of aromatic nitrogens is 1. The zero-order chi connectivity index (χ0) is 17.6. The minimum atomic E-state index is -0.373. The molecule has 1 aromatic carbocycles. The average Bonchev–Trinajstić information content (AvgIpc) is 2.96. The first-order valence-electron chi connectivity index (χ1n) is 8.82. The van der Waals surface area contributed by atoms with E-state index in [9.17, 15) is 9.59 Å².